The SMILES string of the molecule is O=C(Cc1ccccc1)C1C[C@H](O)C[C@H]1C(=O)Nc1ccc(C=Cc2ccc(NC(=O)[C@@H]3C[C@@H](O)CN3C(=O)Cc3ccccc3)cc2)cc1. The van der Waals surface area contributed by atoms with Crippen molar-refractivity contribution in [1.82, 2.24) is 4.90 Å². The maximum absolute atomic E-state index is 13.2. The summed E-state index contributed by atoms with van der Waals surface area (Å²) < 4.78 is 0. The van der Waals surface area contributed by atoms with Crippen molar-refractivity contribution in [2.45, 2.75) is 50.4 Å². The second-order valence-corrected chi connectivity index (χ2v) is 13.1. The van der Waals surface area contributed by atoms with Gasteiger partial charge in [0.25, 0.3) is 0 Å². The number of hydrogen-bond donors (Lipinski definition) is 4. The molecule has 1 aliphatic heterocycles. The largest absolute Gasteiger partial charge is 0.393 e. The van der Waals surface area contributed by atoms with E-state index in [4.69, 9.17) is 0 Å². The highest BCUT2D eigenvalue weighted by molar-refractivity contribution is 5.98. The summed E-state index contributed by atoms with van der Waals surface area (Å²) in [4.78, 5) is 53.8. The molecular formula is C41H41N3O6. The van der Waals surface area contributed by atoms with Gasteiger partial charge in [0.15, 0.2) is 0 Å². The topological polar surface area (TPSA) is 136 Å². The Bertz CT molecular complexity index is 1690. The molecule has 3 amide bonds. The van der Waals surface area contributed by atoms with Crippen LogP contribution in [-0.2, 0) is 32.0 Å². The van der Waals surface area contributed by atoms with E-state index < -0.39 is 30.1 Å². The highest BCUT2D eigenvalue weighted by Gasteiger charge is 2.42. The summed E-state index contributed by atoms with van der Waals surface area (Å²) in [6, 6.07) is 32.7. The van der Waals surface area contributed by atoms with E-state index in [0.29, 0.717) is 17.8 Å². The van der Waals surface area contributed by atoms with Gasteiger partial charge in [0, 0.05) is 36.7 Å². The Labute approximate surface area is 291 Å². The molecule has 9 heteroatoms. The van der Waals surface area contributed by atoms with Crippen LogP contribution in [0.4, 0.5) is 11.4 Å². The average molecular weight is 672 g/mol. The summed E-state index contributed by atoms with van der Waals surface area (Å²) in [5, 5.41) is 26.3. The summed E-state index contributed by atoms with van der Waals surface area (Å²) in [5.41, 5.74) is 4.76. The zero-order valence-corrected chi connectivity index (χ0v) is 27.7. The van der Waals surface area contributed by atoms with Crippen molar-refractivity contribution >= 4 is 47.0 Å². The maximum Gasteiger partial charge on any atom is 0.247 e. The van der Waals surface area contributed by atoms with Crippen LogP contribution in [0.15, 0.2) is 109 Å². The molecule has 1 unspecified atom stereocenters. The first-order chi connectivity index (χ1) is 24.2. The number of aliphatic hydroxyl groups excluding tert-OH is 2. The summed E-state index contributed by atoms with van der Waals surface area (Å²) in [5.74, 6) is -1.94. The number of nitrogens with one attached hydrogen (secondary N) is 2. The van der Waals surface area contributed by atoms with Gasteiger partial charge in [0.1, 0.15) is 11.8 Å². The van der Waals surface area contributed by atoms with Crippen molar-refractivity contribution in [1.29, 1.82) is 0 Å². The molecule has 0 spiro atoms. The van der Waals surface area contributed by atoms with Crippen LogP contribution in [0.3, 0.4) is 0 Å². The molecule has 0 aromatic heterocycles. The Hall–Kier alpha value is -5.38. The van der Waals surface area contributed by atoms with E-state index in [1.165, 1.54) is 4.90 Å². The monoisotopic (exact) mass is 671 g/mol. The normalized spacial score (nSPS) is 21.6. The smallest absolute Gasteiger partial charge is 0.247 e. The Morgan fingerprint density at radius 2 is 1.10 bits per heavy atom. The number of anilines is 2. The number of Topliss-reactive ketones (excluding diaryl/α,β-unsaturated/α-hetero) is 1. The molecule has 4 aromatic rings. The predicted molar refractivity (Wildman–Crippen MR) is 193 cm³/mol. The number of ketones is 1. The molecule has 2 aliphatic rings. The van der Waals surface area contributed by atoms with Gasteiger partial charge >= 0.3 is 0 Å². The van der Waals surface area contributed by atoms with E-state index in [0.717, 1.165) is 22.3 Å². The maximum atomic E-state index is 13.2. The number of aliphatic hydroxyl groups is 2. The summed E-state index contributed by atoms with van der Waals surface area (Å²) in [7, 11) is 0. The standard InChI is InChI=1S/C41H41N3O6/c45-33-23-35(38(47)21-29-7-3-1-4-8-29)36(24-33)40(49)42-31-17-13-27(14-18-31)11-12-28-15-19-32(20-16-28)43-41(50)37-25-34(46)26-44(37)39(48)22-30-9-5-2-6-10-30/h1-20,33-37,45-46H,21-26H2,(H,42,49)(H,43,50)/t33-,34+,35?,36+,37-/m0/s1. The highest BCUT2D eigenvalue weighted by Crippen LogP contribution is 2.35. The molecule has 5 atom stereocenters. The van der Waals surface area contributed by atoms with Gasteiger partial charge in [0.2, 0.25) is 17.7 Å². The number of carbonyl (C=O) groups is 4. The lowest BCUT2D eigenvalue weighted by Gasteiger charge is -2.24. The summed E-state index contributed by atoms with van der Waals surface area (Å²) in [6.45, 7) is 0.127. The molecule has 6 rings (SSSR count). The van der Waals surface area contributed by atoms with Crippen LogP contribution >= 0.6 is 0 Å². The fraction of sp³-hybridized carbons (Fsp3) is 0.268. The second-order valence-electron chi connectivity index (χ2n) is 13.1. The van der Waals surface area contributed by atoms with Crippen molar-refractivity contribution in [2.75, 3.05) is 17.2 Å². The van der Waals surface area contributed by atoms with E-state index in [-0.39, 0.29) is 55.7 Å². The molecule has 50 heavy (non-hydrogen) atoms. The van der Waals surface area contributed by atoms with Crippen molar-refractivity contribution in [3.8, 4) is 0 Å². The first-order valence-electron chi connectivity index (χ1n) is 17.0. The molecule has 0 radical (unpaired) electrons. The van der Waals surface area contributed by atoms with Crippen LogP contribution in [0.25, 0.3) is 12.2 Å². The Kier molecular flexibility index (Phi) is 11.0. The van der Waals surface area contributed by atoms with Crippen LogP contribution < -0.4 is 10.6 Å². The molecule has 1 saturated heterocycles. The van der Waals surface area contributed by atoms with Gasteiger partial charge < -0.3 is 25.7 Å². The van der Waals surface area contributed by atoms with Crippen molar-refractivity contribution < 1.29 is 29.4 Å². The Morgan fingerprint density at radius 1 is 0.600 bits per heavy atom. The Balaban J connectivity index is 1.00. The van der Waals surface area contributed by atoms with Crippen molar-refractivity contribution in [3.05, 3.63) is 131 Å². The molecular weight excluding hydrogens is 630 g/mol. The van der Waals surface area contributed by atoms with Crippen LogP contribution in [0.5, 0.6) is 0 Å². The van der Waals surface area contributed by atoms with Gasteiger partial charge in [-0.25, -0.2) is 0 Å². The molecule has 2 fully saturated rings. The van der Waals surface area contributed by atoms with E-state index in [9.17, 15) is 29.4 Å². The number of amides is 3. The van der Waals surface area contributed by atoms with E-state index in [2.05, 4.69) is 10.6 Å². The average Bonchev–Trinajstić information content (AvgIpc) is 3.72. The number of rotatable bonds is 11. The molecule has 1 aliphatic carbocycles. The van der Waals surface area contributed by atoms with Gasteiger partial charge in [-0.2, -0.15) is 0 Å². The number of hydrogen-bond acceptors (Lipinski definition) is 6. The summed E-state index contributed by atoms with van der Waals surface area (Å²) >= 11 is 0. The zero-order chi connectivity index (χ0) is 35.0. The van der Waals surface area contributed by atoms with E-state index >= 15 is 0 Å². The lowest BCUT2D eigenvalue weighted by molar-refractivity contribution is -0.136. The fourth-order valence-electron chi connectivity index (χ4n) is 6.80. The lowest BCUT2D eigenvalue weighted by atomic mass is 9.88. The van der Waals surface area contributed by atoms with E-state index in [1.807, 2.05) is 97.1 Å². The highest BCUT2D eigenvalue weighted by atomic mass is 16.3. The number of nitrogens with zero attached hydrogens (tertiary/aromatic N) is 1. The number of likely N-dealkylation sites (tertiary alicyclic amines) is 1. The number of carbonyl (C=O) groups excluding carboxylic acids is 4. The second kappa shape index (κ2) is 15.9. The zero-order valence-electron chi connectivity index (χ0n) is 27.7. The third-order valence-corrected chi connectivity index (χ3v) is 9.43. The molecule has 256 valence electrons. The number of β-amino-alcohol motifs (C(OH)–C–C–N with tert-alkyl or cyclic N) is 1. The molecule has 9 nitrogen and oxygen atoms in total. The molecule has 4 aromatic carbocycles. The minimum absolute atomic E-state index is 0.0323. The fourth-order valence-corrected chi connectivity index (χ4v) is 6.80. The lowest BCUT2D eigenvalue weighted by Crippen LogP contribution is -2.43. The van der Waals surface area contributed by atoms with Gasteiger partial charge in [-0.05, 0) is 59.4 Å². The Morgan fingerprint density at radius 3 is 1.66 bits per heavy atom. The van der Waals surface area contributed by atoms with Crippen molar-refractivity contribution in [2.24, 2.45) is 11.8 Å². The minimum Gasteiger partial charge on any atom is -0.393 e. The van der Waals surface area contributed by atoms with Crippen molar-refractivity contribution in [3.63, 3.8) is 0 Å². The quantitative estimate of drug-likeness (QED) is 0.163. The van der Waals surface area contributed by atoms with Gasteiger partial charge in [0.05, 0.1) is 24.5 Å². The van der Waals surface area contributed by atoms with Crippen LogP contribution in [0.1, 0.15) is 41.5 Å². The molecule has 4 N–H and O–H groups in total. The molecule has 1 saturated carbocycles. The third-order valence-electron chi connectivity index (χ3n) is 9.43. The van der Waals surface area contributed by atoms with Gasteiger partial charge in [-0.3, -0.25) is 19.2 Å². The van der Waals surface area contributed by atoms with Crippen LogP contribution in [0, 0.1) is 11.8 Å². The predicted octanol–water partition coefficient (Wildman–Crippen LogP) is 5.14. The third kappa shape index (κ3) is 8.80. The summed E-state index contributed by atoms with van der Waals surface area (Å²) in [6.07, 6.45) is 3.58. The van der Waals surface area contributed by atoms with Gasteiger partial charge in [-0.1, -0.05) is 97.1 Å². The number of benzene rings is 4. The first-order valence-corrected chi connectivity index (χ1v) is 17.0. The minimum atomic E-state index is -0.752. The van der Waals surface area contributed by atoms with Gasteiger partial charge in [-0.15, -0.1) is 0 Å². The van der Waals surface area contributed by atoms with Crippen LogP contribution in [0.2, 0.25) is 0 Å². The van der Waals surface area contributed by atoms with E-state index in [1.54, 1.807) is 24.3 Å². The molecule has 1 heterocycles. The van der Waals surface area contributed by atoms with Crippen LogP contribution in [-0.4, -0.2) is 63.4 Å². The molecule has 0 bridgehead atoms. The first kappa shape index (κ1) is 34.5.